The quantitative estimate of drug-likeness (QED) is 0.672. The standard InChI is InChI=1S/C16H21FN4S/c1-16(2)11-21(6-7-22-16)15(19-3)20-10-13-8-12(9-18)4-5-14(13)17/h4-5,8H,6-7,10-11H2,1-3H3,(H,19,20). The van der Waals surface area contributed by atoms with Crippen LogP contribution < -0.4 is 5.32 Å². The van der Waals surface area contributed by atoms with Crippen molar-refractivity contribution in [3.05, 3.63) is 35.1 Å². The Labute approximate surface area is 135 Å². The molecule has 0 radical (unpaired) electrons. The van der Waals surface area contributed by atoms with Crippen molar-refractivity contribution >= 4 is 17.7 Å². The minimum atomic E-state index is -0.309. The monoisotopic (exact) mass is 320 g/mol. The van der Waals surface area contributed by atoms with Gasteiger partial charge in [-0.1, -0.05) is 0 Å². The number of benzene rings is 1. The highest BCUT2D eigenvalue weighted by atomic mass is 32.2. The number of guanidine groups is 1. The Bertz CT molecular complexity index is 607. The highest BCUT2D eigenvalue weighted by molar-refractivity contribution is 8.00. The van der Waals surface area contributed by atoms with E-state index in [1.165, 1.54) is 12.1 Å². The summed E-state index contributed by atoms with van der Waals surface area (Å²) in [4.78, 5) is 6.50. The van der Waals surface area contributed by atoms with Crippen LogP contribution in [0.15, 0.2) is 23.2 Å². The first-order valence-electron chi connectivity index (χ1n) is 7.23. The molecule has 22 heavy (non-hydrogen) atoms. The van der Waals surface area contributed by atoms with Crippen LogP contribution >= 0.6 is 11.8 Å². The third-order valence-electron chi connectivity index (χ3n) is 3.55. The van der Waals surface area contributed by atoms with E-state index in [0.29, 0.717) is 17.7 Å². The molecule has 4 nitrogen and oxygen atoms in total. The molecule has 1 aliphatic heterocycles. The number of halogens is 1. The van der Waals surface area contributed by atoms with Crippen molar-refractivity contribution in [3.8, 4) is 6.07 Å². The Morgan fingerprint density at radius 2 is 2.32 bits per heavy atom. The van der Waals surface area contributed by atoms with Gasteiger partial charge in [0.1, 0.15) is 5.82 Å². The van der Waals surface area contributed by atoms with Crippen LogP contribution in [0.4, 0.5) is 4.39 Å². The van der Waals surface area contributed by atoms with Crippen LogP contribution in [0.25, 0.3) is 0 Å². The molecular formula is C16H21FN4S. The molecule has 118 valence electrons. The molecule has 0 bridgehead atoms. The number of aliphatic imine (C=N–C) groups is 1. The molecule has 2 rings (SSSR count). The highest BCUT2D eigenvalue weighted by Crippen LogP contribution is 2.29. The van der Waals surface area contributed by atoms with Crippen LogP contribution in [-0.2, 0) is 6.54 Å². The average molecular weight is 320 g/mol. The van der Waals surface area contributed by atoms with Gasteiger partial charge in [0.15, 0.2) is 5.96 Å². The van der Waals surface area contributed by atoms with Gasteiger partial charge in [-0.3, -0.25) is 4.99 Å². The Morgan fingerprint density at radius 3 is 2.95 bits per heavy atom. The van der Waals surface area contributed by atoms with Crippen molar-refractivity contribution in [1.82, 2.24) is 10.2 Å². The Hall–Kier alpha value is -1.74. The van der Waals surface area contributed by atoms with E-state index in [9.17, 15) is 4.39 Å². The number of hydrogen-bond acceptors (Lipinski definition) is 3. The predicted octanol–water partition coefficient (Wildman–Crippen LogP) is 2.60. The number of hydrogen-bond donors (Lipinski definition) is 1. The lowest BCUT2D eigenvalue weighted by Gasteiger charge is -2.39. The van der Waals surface area contributed by atoms with Gasteiger partial charge in [0.25, 0.3) is 0 Å². The summed E-state index contributed by atoms with van der Waals surface area (Å²) < 4.78 is 14.0. The van der Waals surface area contributed by atoms with Gasteiger partial charge in [-0.05, 0) is 32.0 Å². The Morgan fingerprint density at radius 1 is 1.55 bits per heavy atom. The molecule has 0 atom stereocenters. The second-order valence-electron chi connectivity index (χ2n) is 5.85. The number of nitriles is 1. The van der Waals surface area contributed by atoms with E-state index < -0.39 is 0 Å². The maximum absolute atomic E-state index is 13.8. The van der Waals surface area contributed by atoms with E-state index in [1.807, 2.05) is 17.8 Å². The molecule has 0 amide bonds. The molecule has 0 spiro atoms. The third kappa shape index (κ3) is 4.14. The van der Waals surface area contributed by atoms with Crippen LogP contribution in [-0.4, -0.2) is 41.5 Å². The summed E-state index contributed by atoms with van der Waals surface area (Å²) in [6.07, 6.45) is 0. The molecule has 1 fully saturated rings. The van der Waals surface area contributed by atoms with E-state index in [2.05, 4.69) is 29.1 Å². The summed E-state index contributed by atoms with van der Waals surface area (Å²) in [5, 5.41) is 12.1. The minimum Gasteiger partial charge on any atom is -0.352 e. The van der Waals surface area contributed by atoms with Gasteiger partial charge in [-0.2, -0.15) is 17.0 Å². The normalized spacial score (nSPS) is 18.0. The fourth-order valence-electron chi connectivity index (χ4n) is 2.48. The predicted molar refractivity (Wildman–Crippen MR) is 89.4 cm³/mol. The molecule has 0 aromatic heterocycles. The van der Waals surface area contributed by atoms with E-state index in [0.717, 1.165) is 24.8 Å². The smallest absolute Gasteiger partial charge is 0.193 e. The van der Waals surface area contributed by atoms with Crippen molar-refractivity contribution in [2.24, 2.45) is 4.99 Å². The molecule has 6 heteroatoms. The summed E-state index contributed by atoms with van der Waals surface area (Å²) in [6, 6.07) is 6.42. The average Bonchev–Trinajstić information content (AvgIpc) is 2.48. The maximum Gasteiger partial charge on any atom is 0.193 e. The Kier molecular flexibility index (Phi) is 5.30. The van der Waals surface area contributed by atoms with E-state index in [1.54, 1.807) is 13.1 Å². The second kappa shape index (κ2) is 7.01. The van der Waals surface area contributed by atoms with Gasteiger partial charge in [0.05, 0.1) is 11.6 Å². The largest absolute Gasteiger partial charge is 0.352 e. The number of nitrogens with one attached hydrogen (secondary N) is 1. The second-order valence-corrected chi connectivity index (χ2v) is 7.65. The topological polar surface area (TPSA) is 51.4 Å². The van der Waals surface area contributed by atoms with Crippen molar-refractivity contribution < 1.29 is 4.39 Å². The molecule has 1 heterocycles. The summed E-state index contributed by atoms with van der Waals surface area (Å²) in [5.41, 5.74) is 0.939. The SMILES string of the molecule is CN=C(NCc1cc(C#N)ccc1F)N1CCSC(C)(C)C1. The van der Waals surface area contributed by atoms with Crippen molar-refractivity contribution in [2.45, 2.75) is 25.1 Å². The zero-order valence-corrected chi connectivity index (χ0v) is 14.0. The van der Waals surface area contributed by atoms with Crippen molar-refractivity contribution in [1.29, 1.82) is 5.26 Å². The van der Waals surface area contributed by atoms with Gasteiger partial charge in [-0.25, -0.2) is 4.39 Å². The number of nitrogens with zero attached hydrogens (tertiary/aromatic N) is 3. The number of thioether (sulfide) groups is 1. The fraction of sp³-hybridized carbons (Fsp3) is 0.500. The number of rotatable bonds is 2. The van der Waals surface area contributed by atoms with Crippen molar-refractivity contribution in [2.75, 3.05) is 25.9 Å². The molecule has 1 saturated heterocycles. The molecule has 0 saturated carbocycles. The lowest BCUT2D eigenvalue weighted by atomic mass is 10.1. The van der Waals surface area contributed by atoms with Gasteiger partial charge in [0.2, 0.25) is 0 Å². The zero-order chi connectivity index (χ0) is 16.2. The first-order valence-corrected chi connectivity index (χ1v) is 8.22. The van der Waals surface area contributed by atoms with Gasteiger partial charge < -0.3 is 10.2 Å². The fourth-order valence-corrected chi connectivity index (χ4v) is 3.59. The molecule has 1 aromatic carbocycles. The summed E-state index contributed by atoms with van der Waals surface area (Å²) in [7, 11) is 1.74. The van der Waals surface area contributed by atoms with Gasteiger partial charge in [0, 0.05) is 42.7 Å². The van der Waals surface area contributed by atoms with E-state index >= 15 is 0 Å². The minimum absolute atomic E-state index is 0.182. The van der Waals surface area contributed by atoms with Gasteiger partial charge >= 0.3 is 0 Å². The van der Waals surface area contributed by atoms with Crippen LogP contribution in [0.5, 0.6) is 0 Å². The van der Waals surface area contributed by atoms with Crippen LogP contribution in [0.1, 0.15) is 25.0 Å². The van der Waals surface area contributed by atoms with E-state index in [-0.39, 0.29) is 10.6 Å². The highest BCUT2D eigenvalue weighted by Gasteiger charge is 2.28. The maximum atomic E-state index is 13.8. The van der Waals surface area contributed by atoms with Crippen LogP contribution in [0.2, 0.25) is 0 Å². The lowest BCUT2D eigenvalue weighted by molar-refractivity contribution is 0.375. The molecule has 0 aliphatic carbocycles. The molecule has 1 N–H and O–H groups in total. The molecule has 1 aliphatic rings. The molecular weight excluding hydrogens is 299 g/mol. The first-order chi connectivity index (χ1) is 10.4. The Balaban J connectivity index is 2.05. The zero-order valence-electron chi connectivity index (χ0n) is 13.2. The molecule has 0 unspecified atom stereocenters. The molecule has 1 aromatic rings. The van der Waals surface area contributed by atoms with Crippen molar-refractivity contribution in [3.63, 3.8) is 0 Å². The first kappa shape index (κ1) is 16.6. The summed E-state index contributed by atoms with van der Waals surface area (Å²) in [5.74, 6) is 1.51. The third-order valence-corrected chi connectivity index (χ3v) is 4.85. The summed E-state index contributed by atoms with van der Waals surface area (Å²) >= 11 is 1.95. The van der Waals surface area contributed by atoms with Crippen LogP contribution in [0, 0.1) is 17.1 Å². The van der Waals surface area contributed by atoms with Gasteiger partial charge in [-0.15, -0.1) is 0 Å². The summed E-state index contributed by atoms with van der Waals surface area (Å²) in [6.45, 7) is 6.57. The van der Waals surface area contributed by atoms with E-state index in [4.69, 9.17) is 5.26 Å². The lowest BCUT2D eigenvalue weighted by Crippen LogP contribution is -2.50. The van der Waals surface area contributed by atoms with Crippen LogP contribution in [0.3, 0.4) is 0 Å².